The number of rotatable bonds is 2. The number of H-pyrrole nitrogens is 1. The van der Waals surface area contributed by atoms with E-state index in [9.17, 15) is 4.79 Å². The van der Waals surface area contributed by atoms with Gasteiger partial charge in [0, 0.05) is 12.3 Å². The third kappa shape index (κ3) is 1.49. The van der Waals surface area contributed by atoms with Gasteiger partial charge >= 0.3 is 11.9 Å². The molecular formula is C8H7N3O3. The Kier molecular flexibility index (Phi) is 2.02. The van der Waals surface area contributed by atoms with Crippen molar-refractivity contribution >= 4 is 5.97 Å². The van der Waals surface area contributed by atoms with Crippen molar-refractivity contribution in [3.8, 4) is 5.95 Å². The van der Waals surface area contributed by atoms with Crippen LogP contribution in [-0.2, 0) is 0 Å². The standard InChI is InChI=1S/C8H7N3O3/c1-5-6(4-9-11-5)8(12)13-7-2-3-10-14-7/h2-4H,1H3,(H,9,11). The van der Waals surface area contributed by atoms with E-state index in [-0.39, 0.29) is 5.95 Å². The molecule has 72 valence electrons. The molecule has 6 heteroatoms. The minimum absolute atomic E-state index is 0.0654. The van der Waals surface area contributed by atoms with E-state index in [1.165, 1.54) is 18.5 Å². The average molecular weight is 193 g/mol. The highest BCUT2D eigenvalue weighted by molar-refractivity contribution is 5.91. The van der Waals surface area contributed by atoms with Crippen molar-refractivity contribution in [2.24, 2.45) is 0 Å². The third-order valence-electron chi connectivity index (χ3n) is 1.66. The van der Waals surface area contributed by atoms with Gasteiger partial charge in [-0.05, 0) is 6.92 Å². The lowest BCUT2D eigenvalue weighted by Gasteiger charge is -1.96. The molecule has 2 aromatic heterocycles. The van der Waals surface area contributed by atoms with Crippen molar-refractivity contribution in [2.45, 2.75) is 6.92 Å². The molecule has 0 bridgehead atoms. The van der Waals surface area contributed by atoms with Gasteiger partial charge < -0.3 is 9.26 Å². The number of aromatic nitrogens is 3. The van der Waals surface area contributed by atoms with Crippen LogP contribution < -0.4 is 4.74 Å². The van der Waals surface area contributed by atoms with Gasteiger partial charge in [-0.25, -0.2) is 4.79 Å². The van der Waals surface area contributed by atoms with Gasteiger partial charge in [-0.15, -0.1) is 0 Å². The number of hydrogen-bond donors (Lipinski definition) is 1. The number of aryl methyl sites for hydroxylation is 1. The molecule has 0 aliphatic carbocycles. The number of carbonyl (C=O) groups is 1. The minimum Gasteiger partial charge on any atom is -0.387 e. The molecule has 0 radical (unpaired) electrons. The molecule has 1 N–H and O–H groups in total. The molecule has 0 unspecified atom stereocenters. The quantitative estimate of drug-likeness (QED) is 0.717. The van der Waals surface area contributed by atoms with Gasteiger partial charge in [-0.1, -0.05) is 5.16 Å². The molecule has 0 fully saturated rings. The van der Waals surface area contributed by atoms with Crippen molar-refractivity contribution in [2.75, 3.05) is 0 Å². The first-order valence-electron chi connectivity index (χ1n) is 3.90. The van der Waals surface area contributed by atoms with E-state index in [0.717, 1.165) is 0 Å². The summed E-state index contributed by atoms with van der Waals surface area (Å²) in [5.74, 6) is -0.455. The van der Waals surface area contributed by atoms with E-state index >= 15 is 0 Å². The van der Waals surface area contributed by atoms with Crippen LogP contribution in [0.4, 0.5) is 0 Å². The molecule has 0 spiro atoms. The Morgan fingerprint density at radius 3 is 3.07 bits per heavy atom. The van der Waals surface area contributed by atoms with Gasteiger partial charge in [0.25, 0.3) is 0 Å². The second-order valence-corrected chi connectivity index (χ2v) is 2.61. The first-order valence-corrected chi connectivity index (χ1v) is 3.90. The summed E-state index contributed by atoms with van der Waals surface area (Å²) in [4.78, 5) is 11.4. The predicted octanol–water partition coefficient (Wildman–Crippen LogP) is 0.925. The summed E-state index contributed by atoms with van der Waals surface area (Å²) in [6.45, 7) is 1.70. The molecule has 0 saturated heterocycles. The van der Waals surface area contributed by atoms with Crippen LogP contribution in [0.2, 0.25) is 0 Å². The van der Waals surface area contributed by atoms with E-state index in [0.29, 0.717) is 11.3 Å². The second kappa shape index (κ2) is 3.33. The highest BCUT2D eigenvalue weighted by atomic mass is 16.6. The summed E-state index contributed by atoms with van der Waals surface area (Å²) in [5, 5.41) is 9.76. The van der Waals surface area contributed by atoms with Crippen molar-refractivity contribution in [3.63, 3.8) is 0 Å². The van der Waals surface area contributed by atoms with Gasteiger partial charge in [0.1, 0.15) is 5.56 Å². The van der Waals surface area contributed by atoms with Gasteiger partial charge in [0.05, 0.1) is 11.9 Å². The number of aromatic amines is 1. The highest BCUT2D eigenvalue weighted by Gasteiger charge is 2.14. The predicted molar refractivity (Wildman–Crippen MR) is 44.8 cm³/mol. The number of carbonyl (C=O) groups excluding carboxylic acids is 1. The van der Waals surface area contributed by atoms with Gasteiger partial charge in [0.15, 0.2) is 0 Å². The monoisotopic (exact) mass is 193 g/mol. The molecule has 0 saturated carbocycles. The zero-order valence-corrected chi connectivity index (χ0v) is 7.35. The Balaban J connectivity index is 2.14. The molecule has 0 aliphatic rings. The maximum Gasteiger partial charge on any atom is 0.349 e. The summed E-state index contributed by atoms with van der Waals surface area (Å²) < 4.78 is 9.47. The summed E-state index contributed by atoms with van der Waals surface area (Å²) in [5.41, 5.74) is 0.955. The van der Waals surface area contributed by atoms with Crippen LogP contribution in [0.5, 0.6) is 5.95 Å². The summed E-state index contributed by atoms with van der Waals surface area (Å²) in [6, 6.07) is 1.45. The number of nitrogens with one attached hydrogen (secondary N) is 1. The van der Waals surface area contributed by atoms with Crippen LogP contribution in [0.15, 0.2) is 23.0 Å². The molecule has 2 aromatic rings. The maximum absolute atomic E-state index is 11.4. The van der Waals surface area contributed by atoms with E-state index in [1.54, 1.807) is 6.92 Å². The second-order valence-electron chi connectivity index (χ2n) is 2.61. The Labute approximate surface area is 78.9 Å². The van der Waals surface area contributed by atoms with Gasteiger partial charge in [-0.2, -0.15) is 5.10 Å². The normalized spacial score (nSPS) is 10.1. The molecule has 0 atom stereocenters. The Hall–Kier alpha value is -2.11. The molecule has 0 aromatic carbocycles. The number of esters is 1. The maximum atomic E-state index is 11.4. The van der Waals surface area contributed by atoms with Crippen LogP contribution in [0.3, 0.4) is 0 Å². The molecule has 0 amide bonds. The number of ether oxygens (including phenoxy) is 1. The fraction of sp³-hybridized carbons (Fsp3) is 0.125. The Morgan fingerprint density at radius 1 is 1.64 bits per heavy atom. The lowest BCUT2D eigenvalue weighted by molar-refractivity contribution is 0.0679. The third-order valence-corrected chi connectivity index (χ3v) is 1.66. The number of nitrogens with zero attached hydrogens (tertiary/aromatic N) is 2. The van der Waals surface area contributed by atoms with Crippen LogP contribution in [0.1, 0.15) is 16.1 Å². The SMILES string of the molecule is Cc1n[nH]cc1C(=O)Oc1ccno1. The first kappa shape index (κ1) is 8.49. The van der Waals surface area contributed by atoms with Crippen LogP contribution in [-0.4, -0.2) is 21.3 Å². The molecule has 0 aliphatic heterocycles. The highest BCUT2D eigenvalue weighted by Crippen LogP contribution is 2.11. The molecular weight excluding hydrogens is 186 g/mol. The van der Waals surface area contributed by atoms with E-state index in [4.69, 9.17) is 4.74 Å². The van der Waals surface area contributed by atoms with Crippen LogP contribution >= 0.6 is 0 Å². The van der Waals surface area contributed by atoms with Crippen molar-refractivity contribution in [3.05, 3.63) is 29.7 Å². The van der Waals surface area contributed by atoms with E-state index in [2.05, 4.69) is 19.9 Å². The minimum atomic E-state index is -0.520. The Bertz CT molecular complexity index is 432. The fourth-order valence-corrected chi connectivity index (χ4v) is 0.968. The van der Waals surface area contributed by atoms with Crippen LogP contribution in [0, 0.1) is 6.92 Å². The zero-order chi connectivity index (χ0) is 9.97. The summed E-state index contributed by atoms with van der Waals surface area (Å²) >= 11 is 0. The van der Waals surface area contributed by atoms with Gasteiger partial charge in [-0.3, -0.25) is 5.10 Å². The van der Waals surface area contributed by atoms with Crippen LogP contribution in [0.25, 0.3) is 0 Å². The summed E-state index contributed by atoms with van der Waals surface area (Å²) in [6.07, 6.45) is 2.86. The topological polar surface area (TPSA) is 81.0 Å². The molecule has 6 nitrogen and oxygen atoms in total. The van der Waals surface area contributed by atoms with Gasteiger partial charge in [0.2, 0.25) is 0 Å². The molecule has 2 rings (SSSR count). The lowest BCUT2D eigenvalue weighted by Crippen LogP contribution is -2.08. The van der Waals surface area contributed by atoms with Crippen molar-refractivity contribution in [1.29, 1.82) is 0 Å². The largest absolute Gasteiger partial charge is 0.387 e. The lowest BCUT2D eigenvalue weighted by atomic mass is 10.3. The Morgan fingerprint density at radius 2 is 2.50 bits per heavy atom. The van der Waals surface area contributed by atoms with E-state index in [1.807, 2.05) is 0 Å². The number of hydrogen-bond acceptors (Lipinski definition) is 5. The first-order chi connectivity index (χ1) is 6.77. The zero-order valence-electron chi connectivity index (χ0n) is 7.35. The smallest absolute Gasteiger partial charge is 0.349 e. The average Bonchev–Trinajstić information content (AvgIpc) is 2.75. The van der Waals surface area contributed by atoms with Crippen molar-refractivity contribution < 1.29 is 14.1 Å². The molecule has 2 heterocycles. The fourth-order valence-electron chi connectivity index (χ4n) is 0.968. The summed E-state index contributed by atoms with van der Waals surface area (Å²) in [7, 11) is 0. The molecule has 14 heavy (non-hydrogen) atoms. The van der Waals surface area contributed by atoms with E-state index < -0.39 is 5.97 Å². The van der Waals surface area contributed by atoms with Crippen molar-refractivity contribution in [1.82, 2.24) is 15.4 Å².